The number of carbonyl (C=O) groups is 1. The van der Waals surface area contributed by atoms with Crippen molar-refractivity contribution in [2.75, 3.05) is 18.4 Å². The molecule has 122 valence electrons. The number of carbonyl (C=O) groups excluding carboxylic acids is 1. The maximum absolute atomic E-state index is 12.3. The summed E-state index contributed by atoms with van der Waals surface area (Å²) in [6, 6.07) is 2.25. The first-order valence-corrected chi connectivity index (χ1v) is 8.06. The van der Waals surface area contributed by atoms with Crippen LogP contribution in [0.15, 0.2) is 24.8 Å². The summed E-state index contributed by atoms with van der Waals surface area (Å²) in [5, 5.41) is 4.49. The van der Waals surface area contributed by atoms with Gasteiger partial charge in [0.15, 0.2) is 0 Å². The van der Waals surface area contributed by atoms with E-state index in [1.54, 1.807) is 18.7 Å². The first kappa shape index (κ1) is 15.6. The summed E-state index contributed by atoms with van der Waals surface area (Å²) in [5.41, 5.74) is 0.529. The zero-order chi connectivity index (χ0) is 16.4. The van der Waals surface area contributed by atoms with Gasteiger partial charge in [0.2, 0.25) is 5.91 Å². The van der Waals surface area contributed by atoms with E-state index in [0.29, 0.717) is 6.04 Å². The number of amides is 1. The van der Waals surface area contributed by atoms with Crippen LogP contribution in [0.4, 0.5) is 5.82 Å². The van der Waals surface area contributed by atoms with E-state index in [1.165, 1.54) is 0 Å². The molecule has 3 rings (SSSR count). The van der Waals surface area contributed by atoms with E-state index in [4.69, 9.17) is 0 Å². The molecule has 0 aromatic carbocycles. The predicted molar refractivity (Wildman–Crippen MR) is 90.0 cm³/mol. The zero-order valence-electron chi connectivity index (χ0n) is 13.9. The molecule has 0 unspecified atom stereocenters. The molecular weight excluding hydrogens is 290 g/mol. The highest BCUT2D eigenvalue weighted by Crippen LogP contribution is 2.24. The van der Waals surface area contributed by atoms with Crippen molar-refractivity contribution in [1.29, 1.82) is 0 Å². The van der Waals surface area contributed by atoms with Crippen LogP contribution in [0.2, 0.25) is 0 Å². The molecule has 6 nitrogen and oxygen atoms in total. The number of nitrogens with zero attached hydrogens (tertiary/aromatic N) is 4. The summed E-state index contributed by atoms with van der Waals surface area (Å²) in [7, 11) is 0. The van der Waals surface area contributed by atoms with E-state index in [-0.39, 0.29) is 11.3 Å². The first-order chi connectivity index (χ1) is 10.9. The lowest BCUT2D eigenvalue weighted by molar-refractivity contribution is -0.140. The summed E-state index contributed by atoms with van der Waals surface area (Å²) in [6.45, 7) is 7.50. The molecule has 0 aliphatic carbocycles. The maximum Gasteiger partial charge on any atom is 0.227 e. The van der Waals surface area contributed by atoms with Crippen molar-refractivity contribution in [2.45, 2.75) is 39.7 Å². The van der Waals surface area contributed by atoms with Crippen molar-refractivity contribution < 1.29 is 4.79 Å². The molecule has 1 saturated heterocycles. The molecule has 3 heterocycles. The summed E-state index contributed by atoms with van der Waals surface area (Å²) in [5.74, 6) is 1.08. The highest BCUT2D eigenvalue weighted by molar-refractivity contribution is 5.88. The Bertz CT molecular complexity index is 696. The Balaban J connectivity index is 1.66. The number of pyridine rings is 1. The highest BCUT2D eigenvalue weighted by Gasteiger charge is 2.30. The quantitative estimate of drug-likeness (QED) is 0.922. The predicted octanol–water partition coefficient (Wildman–Crippen LogP) is 2.47. The number of aromatic nitrogens is 3. The van der Waals surface area contributed by atoms with Crippen LogP contribution in [-0.2, 0) is 4.79 Å². The van der Waals surface area contributed by atoms with E-state index in [1.807, 2.05) is 31.7 Å². The van der Waals surface area contributed by atoms with Crippen LogP contribution in [0.1, 0.15) is 33.6 Å². The Labute approximate surface area is 136 Å². The van der Waals surface area contributed by atoms with Crippen LogP contribution in [0.25, 0.3) is 10.9 Å². The smallest absolute Gasteiger partial charge is 0.227 e. The molecular formula is C17H23N5O. The van der Waals surface area contributed by atoms with Gasteiger partial charge in [0.25, 0.3) is 0 Å². The average Bonchev–Trinajstić information content (AvgIpc) is 2.54. The van der Waals surface area contributed by atoms with Gasteiger partial charge in [-0.2, -0.15) is 0 Å². The van der Waals surface area contributed by atoms with Gasteiger partial charge in [-0.05, 0) is 18.9 Å². The number of piperidine rings is 1. The Morgan fingerprint density at radius 3 is 2.70 bits per heavy atom. The molecule has 1 amide bonds. The van der Waals surface area contributed by atoms with Crippen molar-refractivity contribution in [3.8, 4) is 0 Å². The molecule has 0 saturated carbocycles. The number of hydrogen-bond donors (Lipinski definition) is 1. The van der Waals surface area contributed by atoms with Gasteiger partial charge >= 0.3 is 0 Å². The maximum atomic E-state index is 12.3. The summed E-state index contributed by atoms with van der Waals surface area (Å²) >= 11 is 0. The van der Waals surface area contributed by atoms with Gasteiger partial charge in [0.05, 0.1) is 11.7 Å². The monoisotopic (exact) mass is 313 g/mol. The van der Waals surface area contributed by atoms with Crippen molar-refractivity contribution in [2.24, 2.45) is 5.41 Å². The second kappa shape index (κ2) is 6.10. The number of likely N-dealkylation sites (tertiary alicyclic amines) is 1. The number of hydrogen-bond acceptors (Lipinski definition) is 5. The van der Waals surface area contributed by atoms with Gasteiger partial charge in [0.1, 0.15) is 12.1 Å². The molecule has 1 aliphatic rings. The molecule has 1 aliphatic heterocycles. The van der Waals surface area contributed by atoms with Crippen LogP contribution < -0.4 is 5.32 Å². The van der Waals surface area contributed by atoms with Crippen molar-refractivity contribution in [3.63, 3.8) is 0 Å². The number of fused-ring (bicyclic) bond motifs is 1. The summed E-state index contributed by atoms with van der Waals surface area (Å²) in [4.78, 5) is 27.0. The van der Waals surface area contributed by atoms with E-state index < -0.39 is 0 Å². The van der Waals surface area contributed by atoms with Crippen molar-refractivity contribution >= 4 is 22.6 Å². The minimum absolute atomic E-state index is 0.231. The van der Waals surface area contributed by atoms with E-state index in [9.17, 15) is 4.79 Å². The Morgan fingerprint density at radius 2 is 2.00 bits per heavy atom. The van der Waals surface area contributed by atoms with Crippen molar-refractivity contribution in [3.05, 3.63) is 24.8 Å². The normalized spacial score (nSPS) is 16.6. The average molecular weight is 313 g/mol. The standard InChI is InChI=1S/C17H23N5O/c1-17(2,3)16(23)22-8-5-12(6-9-22)21-15-13-4-7-18-10-14(13)19-11-20-15/h4,7,10-12H,5-6,8-9H2,1-3H3,(H,19,20,21). The third kappa shape index (κ3) is 3.41. The lowest BCUT2D eigenvalue weighted by Crippen LogP contribution is -2.46. The lowest BCUT2D eigenvalue weighted by Gasteiger charge is -2.36. The Kier molecular flexibility index (Phi) is 4.15. The fraction of sp³-hybridized carbons (Fsp3) is 0.529. The minimum Gasteiger partial charge on any atom is -0.367 e. The first-order valence-electron chi connectivity index (χ1n) is 8.06. The van der Waals surface area contributed by atoms with Crippen LogP contribution >= 0.6 is 0 Å². The molecule has 1 fully saturated rings. The molecule has 0 bridgehead atoms. The minimum atomic E-state index is -0.309. The summed E-state index contributed by atoms with van der Waals surface area (Å²) in [6.07, 6.45) is 6.91. The Morgan fingerprint density at radius 1 is 1.26 bits per heavy atom. The van der Waals surface area contributed by atoms with Gasteiger partial charge < -0.3 is 10.2 Å². The van der Waals surface area contributed by atoms with Crippen LogP contribution in [0.5, 0.6) is 0 Å². The topological polar surface area (TPSA) is 71.0 Å². The van der Waals surface area contributed by atoms with Crippen LogP contribution in [0.3, 0.4) is 0 Å². The van der Waals surface area contributed by atoms with Gasteiger partial charge in [-0.1, -0.05) is 20.8 Å². The molecule has 0 spiro atoms. The van der Waals surface area contributed by atoms with Crippen molar-refractivity contribution in [1.82, 2.24) is 19.9 Å². The zero-order valence-corrected chi connectivity index (χ0v) is 13.9. The van der Waals surface area contributed by atoms with E-state index in [0.717, 1.165) is 42.7 Å². The van der Waals surface area contributed by atoms with Gasteiger partial charge in [0, 0.05) is 36.1 Å². The fourth-order valence-electron chi connectivity index (χ4n) is 2.92. The van der Waals surface area contributed by atoms with Crippen LogP contribution in [0, 0.1) is 5.41 Å². The Hall–Kier alpha value is -2.24. The number of nitrogens with one attached hydrogen (secondary N) is 1. The molecule has 6 heteroatoms. The molecule has 0 radical (unpaired) electrons. The fourth-order valence-corrected chi connectivity index (χ4v) is 2.92. The van der Waals surface area contributed by atoms with Gasteiger partial charge in [-0.15, -0.1) is 0 Å². The molecule has 1 N–H and O–H groups in total. The third-order valence-corrected chi connectivity index (χ3v) is 4.20. The second-order valence-electron chi connectivity index (χ2n) is 7.08. The second-order valence-corrected chi connectivity index (χ2v) is 7.08. The third-order valence-electron chi connectivity index (χ3n) is 4.20. The SMILES string of the molecule is CC(C)(C)C(=O)N1CCC(Nc2ncnc3cnccc23)CC1. The largest absolute Gasteiger partial charge is 0.367 e. The lowest BCUT2D eigenvalue weighted by atomic mass is 9.93. The highest BCUT2D eigenvalue weighted by atomic mass is 16.2. The molecule has 0 atom stereocenters. The van der Waals surface area contributed by atoms with Crippen LogP contribution in [-0.4, -0.2) is 44.9 Å². The number of rotatable bonds is 2. The van der Waals surface area contributed by atoms with Gasteiger partial charge in [-0.25, -0.2) is 9.97 Å². The van der Waals surface area contributed by atoms with Gasteiger partial charge in [-0.3, -0.25) is 9.78 Å². The summed E-state index contributed by atoms with van der Waals surface area (Å²) < 4.78 is 0. The van der Waals surface area contributed by atoms with E-state index in [2.05, 4.69) is 20.3 Å². The van der Waals surface area contributed by atoms with E-state index >= 15 is 0 Å². The number of anilines is 1. The molecule has 2 aromatic heterocycles. The molecule has 23 heavy (non-hydrogen) atoms. The molecule has 2 aromatic rings.